The molecule has 0 unspecified atom stereocenters. The lowest BCUT2D eigenvalue weighted by Crippen LogP contribution is -2.27. The number of thioether (sulfide) groups is 1. The highest BCUT2D eigenvalue weighted by atomic mass is 32.2. The summed E-state index contributed by atoms with van der Waals surface area (Å²) in [5, 5.41) is -0.212. The Morgan fingerprint density at radius 2 is 2.00 bits per heavy atom. The van der Waals surface area contributed by atoms with Gasteiger partial charge in [0.25, 0.3) is 11.1 Å². The smallest absolute Gasteiger partial charge is 0.293 e. The number of aromatic nitrogens is 1. The summed E-state index contributed by atoms with van der Waals surface area (Å²) < 4.78 is 2.07. The van der Waals surface area contributed by atoms with Crippen molar-refractivity contribution in [3.05, 3.63) is 64.3 Å². The molecule has 0 spiro atoms. The second-order valence-corrected chi connectivity index (χ2v) is 7.24. The Bertz CT molecular complexity index is 820. The van der Waals surface area contributed by atoms with E-state index in [9.17, 15) is 9.59 Å². The number of amides is 2. The van der Waals surface area contributed by atoms with Gasteiger partial charge in [-0.25, -0.2) is 0 Å². The summed E-state index contributed by atoms with van der Waals surface area (Å²) in [5.41, 5.74) is 3.01. The summed E-state index contributed by atoms with van der Waals surface area (Å²) >= 11 is 1.01. The topological polar surface area (TPSA) is 42.3 Å². The predicted molar refractivity (Wildman–Crippen MR) is 97.5 cm³/mol. The summed E-state index contributed by atoms with van der Waals surface area (Å²) in [7, 11) is 0. The maximum atomic E-state index is 12.6. The van der Waals surface area contributed by atoms with Crippen LogP contribution >= 0.6 is 11.8 Å². The Labute approximate surface area is 146 Å². The van der Waals surface area contributed by atoms with Crippen LogP contribution in [-0.4, -0.2) is 20.6 Å². The lowest BCUT2D eigenvalue weighted by atomic mass is 10.1. The number of imide groups is 1. The molecule has 1 aromatic heterocycles. The fourth-order valence-corrected chi connectivity index (χ4v) is 3.46. The number of nitrogens with zero attached hydrogens (tertiary/aromatic N) is 2. The zero-order valence-electron chi connectivity index (χ0n) is 14.0. The van der Waals surface area contributed by atoms with E-state index in [2.05, 4.69) is 18.4 Å². The van der Waals surface area contributed by atoms with E-state index in [4.69, 9.17) is 0 Å². The van der Waals surface area contributed by atoms with E-state index in [1.807, 2.05) is 49.6 Å². The van der Waals surface area contributed by atoms with Crippen molar-refractivity contribution in [1.82, 2.24) is 9.47 Å². The quantitative estimate of drug-likeness (QED) is 0.763. The number of carbonyl (C=O) groups excluding carboxylic acids is 2. The molecule has 3 rings (SSSR count). The van der Waals surface area contributed by atoms with E-state index in [0.717, 1.165) is 28.5 Å². The second-order valence-electron chi connectivity index (χ2n) is 6.24. The zero-order chi connectivity index (χ0) is 17.3. The minimum atomic E-state index is -0.219. The van der Waals surface area contributed by atoms with Crippen LogP contribution in [0, 0.1) is 6.92 Å². The van der Waals surface area contributed by atoms with Gasteiger partial charge in [-0.1, -0.05) is 29.8 Å². The maximum Gasteiger partial charge on any atom is 0.293 e. The van der Waals surface area contributed by atoms with Crippen LogP contribution in [0.4, 0.5) is 4.79 Å². The van der Waals surface area contributed by atoms with Crippen LogP contribution < -0.4 is 0 Å². The molecular formula is C19H20N2O2S. The molecule has 124 valence electrons. The molecule has 2 amide bonds. The van der Waals surface area contributed by atoms with E-state index >= 15 is 0 Å². The first kappa shape index (κ1) is 16.6. The Balaban J connectivity index is 1.79. The van der Waals surface area contributed by atoms with Gasteiger partial charge in [0, 0.05) is 18.4 Å². The number of benzene rings is 1. The van der Waals surface area contributed by atoms with Gasteiger partial charge < -0.3 is 4.57 Å². The van der Waals surface area contributed by atoms with Gasteiger partial charge in [-0.15, -0.1) is 0 Å². The Hall–Kier alpha value is -2.27. The Morgan fingerprint density at radius 3 is 2.67 bits per heavy atom. The van der Waals surface area contributed by atoms with Crippen molar-refractivity contribution in [2.75, 3.05) is 0 Å². The van der Waals surface area contributed by atoms with Gasteiger partial charge in [-0.2, -0.15) is 0 Å². The molecule has 0 radical (unpaired) electrons. The molecule has 1 aliphatic rings. The van der Waals surface area contributed by atoms with E-state index < -0.39 is 0 Å². The van der Waals surface area contributed by atoms with Gasteiger partial charge in [0.05, 0.1) is 11.4 Å². The highest BCUT2D eigenvalue weighted by molar-refractivity contribution is 8.18. The van der Waals surface area contributed by atoms with Crippen LogP contribution in [0.5, 0.6) is 0 Å². The molecule has 24 heavy (non-hydrogen) atoms. The van der Waals surface area contributed by atoms with Crippen molar-refractivity contribution in [3.8, 4) is 0 Å². The molecule has 0 bridgehead atoms. The fourth-order valence-electron chi connectivity index (χ4n) is 2.62. The molecule has 1 aromatic carbocycles. The van der Waals surface area contributed by atoms with Crippen LogP contribution in [-0.2, 0) is 11.3 Å². The van der Waals surface area contributed by atoms with E-state index in [1.54, 1.807) is 6.08 Å². The fraction of sp³-hybridized carbons (Fsp3) is 0.263. The SMILES string of the molecule is Cc1cccc(CN2C(=O)S/C(=C/c3ccn(C(C)C)c3)C2=O)c1. The first-order valence-corrected chi connectivity index (χ1v) is 8.74. The normalized spacial score (nSPS) is 16.7. The molecule has 0 aliphatic carbocycles. The number of carbonyl (C=O) groups is 2. The Morgan fingerprint density at radius 1 is 1.21 bits per heavy atom. The second kappa shape index (κ2) is 6.69. The van der Waals surface area contributed by atoms with Crippen molar-refractivity contribution in [2.45, 2.75) is 33.4 Å². The van der Waals surface area contributed by atoms with Crippen LogP contribution in [0.1, 0.15) is 36.6 Å². The van der Waals surface area contributed by atoms with E-state index in [1.165, 1.54) is 4.90 Å². The van der Waals surface area contributed by atoms with E-state index in [0.29, 0.717) is 17.5 Å². The van der Waals surface area contributed by atoms with Gasteiger partial charge in [0.1, 0.15) is 0 Å². The molecule has 5 heteroatoms. The molecule has 0 N–H and O–H groups in total. The summed E-state index contributed by atoms with van der Waals surface area (Å²) in [5.74, 6) is -0.219. The molecule has 0 atom stereocenters. The molecular weight excluding hydrogens is 320 g/mol. The minimum Gasteiger partial charge on any atom is -0.351 e. The average molecular weight is 340 g/mol. The highest BCUT2D eigenvalue weighted by Crippen LogP contribution is 2.33. The summed E-state index contributed by atoms with van der Waals surface area (Å²) in [6.07, 6.45) is 5.76. The maximum absolute atomic E-state index is 12.6. The standard InChI is InChI=1S/C19H20N2O2S/c1-13(2)20-8-7-16(11-20)10-17-18(22)21(19(23)24-17)12-15-6-4-5-14(3)9-15/h4-11,13H,12H2,1-3H3/b17-10+. The highest BCUT2D eigenvalue weighted by Gasteiger charge is 2.35. The molecule has 0 saturated carbocycles. The van der Waals surface area contributed by atoms with Gasteiger partial charge in [0.2, 0.25) is 0 Å². The predicted octanol–water partition coefficient (Wildman–Crippen LogP) is 4.61. The van der Waals surface area contributed by atoms with Gasteiger partial charge in [-0.05, 0) is 55.8 Å². The molecule has 2 heterocycles. The van der Waals surface area contributed by atoms with Gasteiger partial charge in [0.15, 0.2) is 0 Å². The van der Waals surface area contributed by atoms with Crippen molar-refractivity contribution in [3.63, 3.8) is 0 Å². The monoisotopic (exact) mass is 340 g/mol. The number of rotatable bonds is 4. The molecule has 4 nitrogen and oxygen atoms in total. The number of aryl methyl sites for hydroxylation is 1. The van der Waals surface area contributed by atoms with Crippen LogP contribution in [0.15, 0.2) is 47.6 Å². The van der Waals surface area contributed by atoms with Crippen LogP contribution in [0.2, 0.25) is 0 Å². The lowest BCUT2D eigenvalue weighted by molar-refractivity contribution is -0.123. The Kier molecular flexibility index (Phi) is 4.62. The third kappa shape index (κ3) is 3.46. The average Bonchev–Trinajstić information content (AvgIpc) is 3.09. The van der Waals surface area contributed by atoms with E-state index in [-0.39, 0.29) is 11.1 Å². The van der Waals surface area contributed by atoms with Gasteiger partial charge in [-0.3, -0.25) is 14.5 Å². The third-order valence-corrected chi connectivity index (χ3v) is 4.84. The summed E-state index contributed by atoms with van der Waals surface area (Å²) in [4.78, 5) is 26.6. The largest absolute Gasteiger partial charge is 0.351 e. The molecule has 1 saturated heterocycles. The summed E-state index contributed by atoms with van der Waals surface area (Å²) in [6, 6.07) is 10.2. The van der Waals surface area contributed by atoms with Crippen molar-refractivity contribution >= 4 is 29.0 Å². The van der Waals surface area contributed by atoms with Crippen LogP contribution in [0.25, 0.3) is 6.08 Å². The summed E-state index contributed by atoms with van der Waals surface area (Å²) in [6.45, 7) is 6.51. The van der Waals surface area contributed by atoms with Crippen molar-refractivity contribution < 1.29 is 9.59 Å². The number of hydrogen-bond donors (Lipinski definition) is 0. The van der Waals surface area contributed by atoms with Crippen LogP contribution in [0.3, 0.4) is 0 Å². The van der Waals surface area contributed by atoms with Crippen molar-refractivity contribution in [1.29, 1.82) is 0 Å². The first-order chi connectivity index (χ1) is 11.4. The first-order valence-electron chi connectivity index (χ1n) is 7.92. The van der Waals surface area contributed by atoms with Crippen molar-refractivity contribution in [2.24, 2.45) is 0 Å². The zero-order valence-corrected chi connectivity index (χ0v) is 14.8. The third-order valence-electron chi connectivity index (χ3n) is 3.93. The lowest BCUT2D eigenvalue weighted by Gasteiger charge is -2.12. The number of hydrogen-bond acceptors (Lipinski definition) is 3. The molecule has 1 aliphatic heterocycles. The molecule has 2 aromatic rings. The molecule has 1 fully saturated rings. The van der Waals surface area contributed by atoms with Gasteiger partial charge >= 0.3 is 0 Å². The minimum absolute atomic E-state index is 0.212.